The zero-order valence-electron chi connectivity index (χ0n) is 17.3. The molecule has 1 aliphatic carbocycles. The molecule has 0 aliphatic heterocycles. The van der Waals surface area contributed by atoms with Gasteiger partial charge in [-0.15, -0.1) is 10.2 Å². The minimum atomic E-state index is -0.0688. The Morgan fingerprint density at radius 3 is 2.77 bits per heavy atom. The van der Waals surface area contributed by atoms with Gasteiger partial charge in [-0.1, -0.05) is 48.2 Å². The van der Waals surface area contributed by atoms with Crippen molar-refractivity contribution in [3.63, 3.8) is 0 Å². The van der Waals surface area contributed by atoms with Crippen LogP contribution in [0.2, 0.25) is 0 Å². The Balaban J connectivity index is 1.24. The zero-order valence-corrected chi connectivity index (χ0v) is 18.1. The molecule has 5 rings (SSSR count). The standard InChI is InChI=1S/C24H24N4O2S/c1-16(19-11-8-17-5-2-3-6-20(17)13-19)25-22(29)15-31-24-27-26-23(18-9-10-18)28(24)14-21-7-4-12-30-21/h2-8,11-13,16,18H,9-10,14-15H2,1H3,(H,25,29). The summed E-state index contributed by atoms with van der Waals surface area (Å²) < 4.78 is 7.59. The predicted molar refractivity (Wildman–Crippen MR) is 121 cm³/mol. The monoisotopic (exact) mass is 432 g/mol. The van der Waals surface area contributed by atoms with E-state index in [0.29, 0.717) is 18.2 Å². The van der Waals surface area contributed by atoms with Crippen molar-refractivity contribution < 1.29 is 9.21 Å². The summed E-state index contributed by atoms with van der Waals surface area (Å²) in [6, 6.07) is 18.3. The van der Waals surface area contributed by atoms with Gasteiger partial charge in [-0.2, -0.15) is 0 Å². The summed E-state index contributed by atoms with van der Waals surface area (Å²) in [6.45, 7) is 2.60. The summed E-state index contributed by atoms with van der Waals surface area (Å²) in [7, 11) is 0. The van der Waals surface area contributed by atoms with Crippen molar-refractivity contribution in [1.82, 2.24) is 20.1 Å². The molecule has 0 radical (unpaired) electrons. The van der Waals surface area contributed by atoms with Crippen LogP contribution in [0.3, 0.4) is 0 Å². The van der Waals surface area contributed by atoms with Gasteiger partial charge in [0.1, 0.15) is 11.6 Å². The lowest BCUT2D eigenvalue weighted by atomic mass is 10.0. The first-order valence-electron chi connectivity index (χ1n) is 10.5. The summed E-state index contributed by atoms with van der Waals surface area (Å²) in [5.41, 5.74) is 1.09. The molecule has 158 valence electrons. The summed E-state index contributed by atoms with van der Waals surface area (Å²) in [4.78, 5) is 12.6. The van der Waals surface area contributed by atoms with Gasteiger partial charge in [0.15, 0.2) is 5.16 Å². The number of carbonyl (C=O) groups excluding carboxylic acids is 1. The van der Waals surface area contributed by atoms with Gasteiger partial charge in [-0.3, -0.25) is 9.36 Å². The minimum absolute atomic E-state index is 0.0221. The average molecular weight is 433 g/mol. The highest BCUT2D eigenvalue weighted by molar-refractivity contribution is 7.99. The van der Waals surface area contributed by atoms with E-state index in [1.54, 1.807) is 6.26 Å². The quantitative estimate of drug-likeness (QED) is 0.400. The lowest BCUT2D eigenvalue weighted by Gasteiger charge is -2.15. The molecule has 0 spiro atoms. The number of carbonyl (C=O) groups is 1. The summed E-state index contributed by atoms with van der Waals surface area (Å²) in [5.74, 6) is 2.59. The van der Waals surface area contributed by atoms with Gasteiger partial charge in [0, 0.05) is 5.92 Å². The second-order valence-electron chi connectivity index (χ2n) is 7.97. The molecule has 2 heterocycles. The van der Waals surface area contributed by atoms with Crippen LogP contribution >= 0.6 is 11.8 Å². The minimum Gasteiger partial charge on any atom is -0.467 e. The number of thioether (sulfide) groups is 1. The molecule has 1 amide bonds. The second-order valence-corrected chi connectivity index (χ2v) is 8.91. The topological polar surface area (TPSA) is 73.0 Å². The van der Waals surface area contributed by atoms with Gasteiger partial charge in [-0.25, -0.2) is 0 Å². The molecule has 2 aromatic carbocycles. The first-order valence-corrected chi connectivity index (χ1v) is 11.5. The van der Waals surface area contributed by atoms with Crippen molar-refractivity contribution in [3.8, 4) is 0 Å². The van der Waals surface area contributed by atoms with E-state index in [1.165, 1.54) is 22.5 Å². The van der Waals surface area contributed by atoms with E-state index < -0.39 is 0 Å². The van der Waals surface area contributed by atoms with Crippen LogP contribution < -0.4 is 5.32 Å². The van der Waals surface area contributed by atoms with Gasteiger partial charge in [-0.05, 0) is 54.3 Å². The Morgan fingerprint density at radius 2 is 2.00 bits per heavy atom. The van der Waals surface area contributed by atoms with Crippen LogP contribution in [0.4, 0.5) is 0 Å². The first kappa shape index (κ1) is 19.9. The third kappa shape index (κ3) is 4.51. The fourth-order valence-corrected chi connectivity index (χ4v) is 4.49. The Labute approximate surface area is 185 Å². The molecule has 0 bridgehead atoms. The van der Waals surface area contributed by atoms with E-state index in [2.05, 4.69) is 50.4 Å². The number of benzene rings is 2. The summed E-state index contributed by atoms with van der Waals surface area (Å²) in [6.07, 6.45) is 3.96. The predicted octanol–water partition coefficient (Wildman–Crippen LogP) is 4.92. The Bertz CT molecular complexity index is 1200. The van der Waals surface area contributed by atoms with Gasteiger partial charge in [0.2, 0.25) is 5.91 Å². The summed E-state index contributed by atoms with van der Waals surface area (Å²) in [5, 5.41) is 15.0. The van der Waals surface area contributed by atoms with E-state index in [1.807, 2.05) is 31.2 Å². The Morgan fingerprint density at radius 1 is 1.16 bits per heavy atom. The van der Waals surface area contributed by atoms with E-state index in [9.17, 15) is 4.79 Å². The van der Waals surface area contributed by atoms with E-state index >= 15 is 0 Å². The number of amides is 1. The van der Waals surface area contributed by atoms with Crippen molar-refractivity contribution in [3.05, 3.63) is 78.0 Å². The molecule has 7 heteroatoms. The maximum Gasteiger partial charge on any atom is 0.230 e. The van der Waals surface area contributed by atoms with Crippen molar-refractivity contribution in [2.45, 2.75) is 43.4 Å². The highest BCUT2D eigenvalue weighted by Crippen LogP contribution is 2.40. The van der Waals surface area contributed by atoms with Crippen molar-refractivity contribution in [2.75, 3.05) is 5.75 Å². The largest absolute Gasteiger partial charge is 0.467 e. The zero-order chi connectivity index (χ0) is 21.2. The number of rotatable bonds is 8. The molecule has 6 nitrogen and oxygen atoms in total. The van der Waals surface area contributed by atoms with Crippen molar-refractivity contribution >= 4 is 28.4 Å². The smallest absolute Gasteiger partial charge is 0.230 e. The number of nitrogens with zero attached hydrogens (tertiary/aromatic N) is 3. The van der Waals surface area contributed by atoms with Gasteiger partial charge in [0.25, 0.3) is 0 Å². The van der Waals surface area contributed by atoms with Gasteiger partial charge >= 0.3 is 0 Å². The third-order valence-corrected chi connectivity index (χ3v) is 6.53. The number of hydrogen-bond acceptors (Lipinski definition) is 5. The molecule has 31 heavy (non-hydrogen) atoms. The number of fused-ring (bicyclic) bond motifs is 1. The molecular weight excluding hydrogens is 408 g/mol. The molecule has 1 N–H and O–H groups in total. The molecule has 1 atom stereocenters. The number of aromatic nitrogens is 3. The van der Waals surface area contributed by atoms with Crippen LogP contribution in [-0.2, 0) is 11.3 Å². The van der Waals surface area contributed by atoms with E-state index in [4.69, 9.17) is 4.42 Å². The van der Waals surface area contributed by atoms with Crippen LogP contribution in [0.15, 0.2) is 70.4 Å². The van der Waals surface area contributed by atoms with Crippen LogP contribution in [0.25, 0.3) is 10.8 Å². The molecule has 0 saturated heterocycles. The van der Waals surface area contributed by atoms with Crippen LogP contribution in [0, 0.1) is 0 Å². The molecule has 1 fully saturated rings. The van der Waals surface area contributed by atoms with Crippen LogP contribution in [0.5, 0.6) is 0 Å². The maximum atomic E-state index is 12.6. The maximum absolute atomic E-state index is 12.6. The fourth-order valence-electron chi connectivity index (χ4n) is 3.73. The molecule has 1 unspecified atom stereocenters. The average Bonchev–Trinajstić information content (AvgIpc) is 3.35. The highest BCUT2D eigenvalue weighted by atomic mass is 32.2. The lowest BCUT2D eigenvalue weighted by molar-refractivity contribution is -0.119. The number of furan rings is 1. The highest BCUT2D eigenvalue weighted by Gasteiger charge is 2.30. The van der Waals surface area contributed by atoms with Crippen molar-refractivity contribution in [2.24, 2.45) is 0 Å². The molecular formula is C24H24N4O2S. The Kier molecular flexibility index (Phi) is 5.51. The van der Waals surface area contributed by atoms with Gasteiger partial charge < -0.3 is 9.73 Å². The van der Waals surface area contributed by atoms with Crippen LogP contribution in [-0.4, -0.2) is 26.4 Å². The molecule has 4 aromatic rings. The Hall–Kier alpha value is -3.06. The van der Waals surface area contributed by atoms with Gasteiger partial charge in [0.05, 0.1) is 24.6 Å². The lowest BCUT2D eigenvalue weighted by Crippen LogP contribution is -2.28. The van der Waals surface area contributed by atoms with Crippen LogP contribution in [0.1, 0.15) is 48.9 Å². The second kappa shape index (κ2) is 8.59. The van der Waals surface area contributed by atoms with Crippen molar-refractivity contribution in [1.29, 1.82) is 0 Å². The van der Waals surface area contributed by atoms with E-state index in [0.717, 1.165) is 35.1 Å². The first-order chi connectivity index (χ1) is 15.2. The number of hydrogen-bond donors (Lipinski definition) is 1. The fraction of sp³-hybridized carbons (Fsp3) is 0.292. The molecule has 1 saturated carbocycles. The molecule has 2 aromatic heterocycles. The molecule has 1 aliphatic rings. The third-order valence-electron chi connectivity index (χ3n) is 5.57. The normalized spacial score (nSPS) is 14.6. The number of nitrogens with one attached hydrogen (secondary N) is 1. The summed E-state index contributed by atoms with van der Waals surface area (Å²) >= 11 is 1.42. The SMILES string of the molecule is CC(NC(=O)CSc1nnc(C2CC2)n1Cc1ccco1)c1ccc2ccccc2c1. The van der Waals surface area contributed by atoms with E-state index in [-0.39, 0.29) is 11.9 Å².